The van der Waals surface area contributed by atoms with Crippen molar-refractivity contribution in [3.05, 3.63) is 66.4 Å². The Morgan fingerprint density at radius 2 is 1.86 bits per heavy atom. The number of benzene rings is 2. The molecule has 1 aliphatic rings. The molecule has 7 nitrogen and oxygen atoms in total. The zero-order valence-corrected chi connectivity index (χ0v) is 16.1. The maximum atomic E-state index is 12.3. The van der Waals surface area contributed by atoms with Crippen LogP contribution in [0.1, 0.15) is 11.6 Å². The van der Waals surface area contributed by atoms with Crippen molar-refractivity contribution in [3.63, 3.8) is 0 Å². The number of imidazole rings is 1. The number of carbonyl (C=O) groups is 1. The van der Waals surface area contributed by atoms with Crippen molar-refractivity contribution >= 4 is 27.8 Å². The van der Waals surface area contributed by atoms with E-state index in [1.165, 1.54) is 10.8 Å². The Labute approximate surface area is 168 Å². The van der Waals surface area contributed by atoms with Crippen LogP contribution >= 0.6 is 0 Å². The van der Waals surface area contributed by atoms with Crippen LogP contribution in [-0.2, 0) is 13.1 Å². The highest BCUT2D eigenvalue weighted by Gasteiger charge is 2.21. The lowest BCUT2D eigenvalue weighted by molar-refractivity contribution is 0.133. The summed E-state index contributed by atoms with van der Waals surface area (Å²) in [6.45, 7) is 4.23. The summed E-state index contributed by atoms with van der Waals surface area (Å²) >= 11 is 0. The minimum atomic E-state index is -0.0449. The summed E-state index contributed by atoms with van der Waals surface area (Å²) in [5, 5.41) is 5.32. The molecule has 0 atom stereocenters. The number of piperazine rings is 1. The standard InChI is InChI=1S/C22H23N5O2/c28-22(23-14-18-6-3-11-29-18)27-9-7-26(8-10-27)15-21-24-19-12-16-4-1-2-5-17(16)13-20(19)25-21/h1-6,11-13H,7-10,14-15H2,(H,23,28)(H,24,25). The van der Waals surface area contributed by atoms with Crippen LogP contribution in [0.3, 0.4) is 0 Å². The van der Waals surface area contributed by atoms with E-state index in [1.54, 1.807) is 6.26 Å². The number of rotatable bonds is 4. The summed E-state index contributed by atoms with van der Waals surface area (Å²) in [5.41, 5.74) is 2.06. The van der Waals surface area contributed by atoms with Crippen LogP contribution in [0.5, 0.6) is 0 Å². The molecule has 1 fully saturated rings. The minimum Gasteiger partial charge on any atom is -0.467 e. The second-order valence-electron chi connectivity index (χ2n) is 7.40. The Morgan fingerprint density at radius 1 is 1.07 bits per heavy atom. The number of carbonyl (C=O) groups excluding carboxylic acids is 1. The van der Waals surface area contributed by atoms with Crippen molar-refractivity contribution < 1.29 is 9.21 Å². The first-order valence-electron chi connectivity index (χ1n) is 9.89. The lowest BCUT2D eigenvalue weighted by Crippen LogP contribution is -2.51. The molecule has 0 radical (unpaired) electrons. The third-order valence-electron chi connectivity index (χ3n) is 5.43. The molecule has 0 bridgehead atoms. The molecule has 7 heteroatoms. The van der Waals surface area contributed by atoms with E-state index >= 15 is 0 Å². The van der Waals surface area contributed by atoms with Gasteiger partial charge in [-0.3, -0.25) is 4.90 Å². The predicted octanol–water partition coefficient (Wildman–Crippen LogP) is 3.34. The Morgan fingerprint density at radius 3 is 2.62 bits per heavy atom. The zero-order valence-electron chi connectivity index (χ0n) is 16.1. The molecule has 2 amide bonds. The number of urea groups is 1. The van der Waals surface area contributed by atoms with E-state index in [0.29, 0.717) is 19.6 Å². The zero-order chi connectivity index (χ0) is 19.6. The molecule has 3 heterocycles. The maximum Gasteiger partial charge on any atom is 0.317 e. The maximum absolute atomic E-state index is 12.3. The van der Waals surface area contributed by atoms with Gasteiger partial charge in [0.1, 0.15) is 11.6 Å². The highest BCUT2D eigenvalue weighted by atomic mass is 16.3. The molecule has 0 saturated carbocycles. The Bertz CT molecular complexity index is 1070. The highest BCUT2D eigenvalue weighted by Crippen LogP contribution is 2.21. The van der Waals surface area contributed by atoms with Crippen LogP contribution in [-0.4, -0.2) is 52.0 Å². The van der Waals surface area contributed by atoms with Crippen molar-refractivity contribution in [2.45, 2.75) is 13.1 Å². The summed E-state index contributed by atoms with van der Waals surface area (Å²) < 4.78 is 5.25. The molecule has 0 spiro atoms. The van der Waals surface area contributed by atoms with Gasteiger partial charge in [0, 0.05) is 26.2 Å². The molecule has 2 aromatic heterocycles. The summed E-state index contributed by atoms with van der Waals surface area (Å²) in [6.07, 6.45) is 1.61. The lowest BCUT2D eigenvalue weighted by Gasteiger charge is -2.34. The topological polar surface area (TPSA) is 77.4 Å². The Hall–Kier alpha value is -3.32. The molecule has 2 N–H and O–H groups in total. The quantitative estimate of drug-likeness (QED) is 0.561. The van der Waals surface area contributed by atoms with Crippen molar-refractivity contribution in [2.75, 3.05) is 26.2 Å². The number of hydrogen-bond acceptors (Lipinski definition) is 4. The van der Waals surface area contributed by atoms with Gasteiger partial charge < -0.3 is 19.6 Å². The van der Waals surface area contributed by atoms with Crippen LogP contribution < -0.4 is 5.32 Å². The van der Waals surface area contributed by atoms with Gasteiger partial charge in [0.05, 0.1) is 30.4 Å². The smallest absolute Gasteiger partial charge is 0.317 e. The lowest BCUT2D eigenvalue weighted by atomic mass is 10.1. The second-order valence-corrected chi connectivity index (χ2v) is 7.40. The number of amides is 2. The van der Waals surface area contributed by atoms with Gasteiger partial charge >= 0.3 is 6.03 Å². The summed E-state index contributed by atoms with van der Waals surface area (Å²) in [4.78, 5) is 24.7. The van der Waals surface area contributed by atoms with Gasteiger partial charge in [-0.05, 0) is 35.0 Å². The van der Waals surface area contributed by atoms with E-state index in [0.717, 1.165) is 42.3 Å². The number of H-pyrrole nitrogens is 1. The number of hydrogen-bond donors (Lipinski definition) is 2. The van der Waals surface area contributed by atoms with E-state index in [4.69, 9.17) is 9.40 Å². The molecular formula is C22H23N5O2. The average Bonchev–Trinajstić information content (AvgIpc) is 3.40. The number of aromatic amines is 1. The molecule has 1 aliphatic heterocycles. The summed E-state index contributed by atoms with van der Waals surface area (Å²) in [7, 11) is 0. The van der Waals surface area contributed by atoms with Gasteiger partial charge in [-0.15, -0.1) is 0 Å². The number of nitrogens with one attached hydrogen (secondary N) is 2. The van der Waals surface area contributed by atoms with Gasteiger partial charge in [-0.1, -0.05) is 24.3 Å². The minimum absolute atomic E-state index is 0.0449. The van der Waals surface area contributed by atoms with E-state index in [1.807, 2.05) is 23.1 Å². The third kappa shape index (κ3) is 3.82. The molecule has 29 heavy (non-hydrogen) atoms. The Balaban J connectivity index is 1.18. The fourth-order valence-corrected chi connectivity index (χ4v) is 3.83. The number of aromatic nitrogens is 2. The van der Waals surface area contributed by atoms with Gasteiger partial charge in [0.25, 0.3) is 0 Å². The van der Waals surface area contributed by atoms with Crippen LogP contribution in [0.2, 0.25) is 0 Å². The van der Waals surface area contributed by atoms with E-state index < -0.39 is 0 Å². The van der Waals surface area contributed by atoms with Crippen LogP contribution in [0.4, 0.5) is 4.79 Å². The molecule has 5 rings (SSSR count). The van der Waals surface area contributed by atoms with Crippen molar-refractivity contribution in [2.24, 2.45) is 0 Å². The number of furan rings is 1. The summed E-state index contributed by atoms with van der Waals surface area (Å²) in [6, 6.07) is 16.2. The van der Waals surface area contributed by atoms with E-state index in [2.05, 4.69) is 45.5 Å². The van der Waals surface area contributed by atoms with Crippen LogP contribution in [0.15, 0.2) is 59.2 Å². The van der Waals surface area contributed by atoms with Gasteiger partial charge in [0.2, 0.25) is 0 Å². The average molecular weight is 389 g/mol. The highest BCUT2D eigenvalue weighted by molar-refractivity contribution is 5.95. The first-order valence-corrected chi connectivity index (χ1v) is 9.89. The Kier molecular flexibility index (Phi) is 4.65. The van der Waals surface area contributed by atoms with Crippen LogP contribution in [0, 0.1) is 0 Å². The molecular weight excluding hydrogens is 366 g/mol. The fourth-order valence-electron chi connectivity index (χ4n) is 3.83. The normalized spacial score (nSPS) is 15.2. The number of fused-ring (bicyclic) bond motifs is 2. The first kappa shape index (κ1) is 17.8. The van der Waals surface area contributed by atoms with E-state index in [-0.39, 0.29) is 6.03 Å². The molecule has 148 valence electrons. The number of nitrogens with zero attached hydrogens (tertiary/aromatic N) is 3. The molecule has 4 aromatic rings. The van der Waals surface area contributed by atoms with Crippen molar-refractivity contribution in [3.8, 4) is 0 Å². The largest absolute Gasteiger partial charge is 0.467 e. The first-order chi connectivity index (χ1) is 14.2. The molecule has 1 saturated heterocycles. The van der Waals surface area contributed by atoms with Gasteiger partial charge in [-0.2, -0.15) is 0 Å². The predicted molar refractivity (Wildman–Crippen MR) is 111 cm³/mol. The monoisotopic (exact) mass is 389 g/mol. The molecule has 0 aliphatic carbocycles. The van der Waals surface area contributed by atoms with Crippen molar-refractivity contribution in [1.82, 2.24) is 25.1 Å². The summed E-state index contributed by atoms with van der Waals surface area (Å²) in [5.74, 6) is 1.72. The fraction of sp³-hybridized carbons (Fsp3) is 0.273. The van der Waals surface area contributed by atoms with E-state index in [9.17, 15) is 4.79 Å². The second kappa shape index (κ2) is 7.60. The van der Waals surface area contributed by atoms with Crippen molar-refractivity contribution in [1.29, 1.82) is 0 Å². The molecule has 2 aromatic carbocycles. The molecule has 0 unspecified atom stereocenters. The third-order valence-corrected chi connectivity index (χ3v) is 5.43. The van der Waals surface area contributed by atoms with Gasteiger partial charge in [-0.25, -0.2) is 9.78 Å². The SMILES string of the molecule is O=C(NCc1ccco1)N1CCN(Cc2nc3cc4ccccc4cc3[nH]2)CC1. The van der Waals surface area contributed by atoms with Crippen LogP contribution in [0.25, 0.3) is 21.8 Å². The van der Waals surface area contributed by atoms with Gasteiger partial charge in [0.15, 0.2) is 0 Å².